The average Bonchev–Trinajstić information content (AvgIpc) is 2.74. The number of carbonyl (C=O) groups is 1. The predicted octanol–water partition coefficient (Wildman–Crippen LogP) is 2.33. The molecule has 6 heteroatoms. The minimum Gasteiger partial charge on any atom is -0.324 e. The molecule has 1 aliphatic heterocycles. The van der Waals surface area contributed by atoms with Gasteiger partial charge in [-0.2, -0.15) is 0 Å². The maximum Gasteiger partial charge on any atom is 0.246 e. The molecule has 0 bridgehead atoms. The summed E-state index contributed by atoms with van der Waals surface area (Å²) in [5, 5.41) is 6.11. The third kappa shape index (κ3) is 2.44. The van der Waals surface area contributed by atoms with Crippen LogP contribution in [-0.4, -0.2) is 15.9 Å². The lowest BCUT2D eigenvalue weighted by atomic mass is 10.1. The Kier molecular flexibility index (Phi) is 3.50. The number of amides is 1. The van der Waals surface area contributed by atoms with Crippen molar-refractivity contribution < 1.29 is 4.79 Å². The van der Waals surface area contributed by atoms with E-state index in [-0.39, 0.29) is 11.9 Å². The number of aromatic nitrogens is 2. The molecule has 2 aromatic rings. The Hall–Kier alpha value is -1.79. The van der Waals surface area contributed by atoms with Crippen LogP contribution in [0.5, 0.6) is 0 Å². The normalized spacial score (nSPS) is 16.9. The molecule has 0 fully saturated rings. The van der Waals surface area contributed by atoms with Gasteiger partial charge < -0.3 is 5.32 Å². The van der Waals surface area contributed by atoms with E-state index in [9.17, 15) is 4.79 Å². The van der Waals surface area contributed by atoms with Crippen LogP contribution in [-0.2, 0) is 11.3 Å². The van der Waals surface area contributed by atoms with Gasteiger partial charge in [0.25, 0.3) is 0 Å². The lowest BCUT2D eigenvalue weighted by Crippen LogP contribution is -2.27. The zero-order chi connectivity index (χ0) is 14.1. The van der Waals surface area contributed by atoms with Crippen LogP contribution in [0.1, 0.15) is 23.1 Å². The molecular weight excluding hydrogens is 320 g/mol. The van der Waals surface area contributed by atoms with E-state index in [1.165, 1.54) is 0 Å². The van der Waals surface area contributed by atoms with Crippen LogP contribution in [0.2, 0.25) is 0 Å². The number of fused-ring (bicyclic) bond motifs is 1. The van der Waals surface area contributed by atoms with Crippen molar-refractivity contribution in [2.45, 2.75) is 19.5 Å². The van der Waals surface area contributed by atoms with Crippen molar-refractivity contribution in [1.82, 2.24) is 15.3 Å². The Morgan fingerprint density at radius 2 is 2.25 bits per heavy atom. The fraction of sp³-hybridized carbons (Fsp3) is 0.214. The predicted molar refractivity (Wildman–Crippen MR) is 79.1 cm³/mol. The minimum atomic E-state index is -0.365. The van der Waals surface area contributed by atoms with Gasteiger partial charge in [0.05, 0.1) is 5.69 Å². The molecular formula is C14H13BrN4O. The minimum absolute atomic E-state index is 0.0438. The number of halogens is 1. The maximum absolute atomic E-state index is 12.0. The first kappa shape index (κ1) is 13.2. The van der Waals surface area contributed by atoms with Gasteiger partial charge in [0, 0.05) is 28.5 Å². The molecule has 0 spiro atoms. The number of anilines is 1. The summed E-state index contributed by atoms with van der Waals surface area (Å²) in [5.74, 6) is 0.680. The summed E-state index contributed by atoms with van der Waals surface area (Å²) in [6, 6.07) is 7.21. The van der Waals surface area contributed by atoms with E-state index in [4.69, 9.17) is 0 Å². The quantitative estimate of drug-likeness (QED) is 0.905. The van der Waals surface area contributed by atoms with Crippen molar-refractivity contribution in [2.75, 3.05) is 5.32 Å². The van der Waals surface area contributed by atoms with E-state index in [0.29, 0.717) is 6.54 Å². The van der Waals surface area contributed by atoms with E-state index in [1.54, 1.807) is 6.20 Å². The van der Waals surface area contributed by atoms with E-state index in [0.717, 1.165) is 27.2 Å². The van der Waals surface area contributed by atoms with Gasteiger partial charge in [0.2, 0.25) is 5.91 Å². The van der Waals surface area contributed by atoms with Crippen molar-refractivity contribution in [3.63, 3.8) is 0 Å². The second kappa shape index (κ2) is 5.30. The molecule has 1 amide bonds. The molecule has 20 heavy (non-hydrogen) atoms. The molecule has 3 rings (SSSR count). The van der Waals surface area contributed by atoms with Crippen molar-refractivity contribution >= 4 is 27.5 Å². The lowest BCUT2D eigenvalue weighted by Gasteiger charge is -2.12. The largest absolute Gasteiger partial charge is 0.324 e. The van der Waals surface area contributed by atoms with Crippen LogP contribution in [0, 0.1) is 6.92 Å². The Balaban J connectivity index is 1.81. The first-order chi connectivity index (χ1) is 9.65. The van der Waals surface area contributed by atoms with Gasteiger partial charge >= 0.3 is 0 Å². The Morgan fingerprint density at radius 3 is 3.05 bits per heavy atom. The zero-order valence-electron chi connectivity index (χ0n) is 10.9. The molecule has 0 saturated heterocycles. The van der Waals surface area contributed by atoms with Gasteiger partial charge in [-0.15, -0.1) is 0 Å². The van der Waals surface area contributed by atoms with Crippen molar-refractivity contribution in [3.05, 3.63) is 52.0 Å². The maximum atomic E-state index is 12.0. The molecule has 0 radical (unpaired) electrons. The van der Waals surface area contributed by atoms with E-state index >= 15 is 0 Å². The standard InChI is InChI=1S/C14H13BrN4O/c1-8-16-6-5-9(18-8)7-17-13-12-10(15)3-2-4-11(12)19-14(13)20/h2-6,13,17H,7H2,1H3,(H,19,20). The van der Waals surface area contributed by atoms with Crippen LogP contribution in [0.3, 0.4) is 0 Å². The zero-order valence-corrected chi connectivity index (χ0v) is 12.4. The molecule has 2 N–H and O–H groups in total. The molecule has 1 aromatic heterocycles. The van der Waals surface area contributed by atoms with Crippen LogP contribution < -0.4 is 10.6 Å². The summed E-state index contributed by atoms with van der Waals surface area (Å²) < 4.78 is 0.921. The van der Waals surface area contributed by atoms with Gasteiger partial charge in [-0.1, -0.05) is 22.0 Å². The van der Waals surface area contributed by atoms with Crippen LogP contribution >= 0.6 is 15.9 Å². The molecule has 1 unspecified atom stereocenters. The SMILES string of the molecule is Cc1nccc(CNC2C(=O)Nc3cccc(Br)c32)n1. The van der Waals surface area contributed by atoms with Crippen molar-refractivity contribution in [3.8, 4) is 0 Å². The molecule has 1 atom stereocenters. The lowest BCUT2D eigenvalue weighted by molar-refractivity contribution is -0.117. The number of nitrogens with zero attached hydrogens (tertiary/aromatic N) is 2. The van der Waals surface area contributed by atoms with E-state index in [2.05, 4.69) is 36.5 Å². The number of hydrogen-bond donors (Lipinski definition) is 2. The monoisotopic (exact) mass is 332 g/mol. The van der Waals surface area contributed by atoms with Gasteiger partial charge in [0.15, 0.2) is 0 Å². The summed E-state index contributed by atoms with van der Waals surface area (Å²) in [6.07, 6.45) is 1.72. The fourth-order valence-corrected chi connectivity index (χ4v) is 2.88. The summed E-state index contributed by atoms with van der Waals surface area (Å²) in [4.78, 5) is 20.4. The number of carbonyl (C=O) groups excluding carboxylic acids is 1. The Bertz CT molecular complexity index is 674. The average molecular weight is 333 g/mol. The molecule has 0 saturated carbocycles. The van der Waals surface area contributed by atoms with Crippen LogP contribution in [0.4, 0.5) is 5.69 Å². The van der Waals surface area contributed by atoms with E-state index < -0.39 is 0 Å². The van der Waals surface area contributed by atoms with Crippen LogP contribution in [0.15, 0.2) is 34.9 Å². The molecule has 5 nitrogen and oxygen atoms in total. The summed E-state index contributed by atoms with van der Waals surface area (Å²) in [5.41, 5.74) is 2.66. The van der Waals surface area contributed by atoms with Gasteiger partial charge in [-0.05, 0) is 25.1 Å². The summed E-state index contributed by atoms with van der Waals surface area (Å²) in [7, 11) is 0. The van der Waals surface area contributed by atoms with Gasteiger partial charge in [0.1, 0.15) is 11.9 Å². The first-order valence-electron chi connectivity index (χ1n) is 6.26. The molecule has 2 heterocycles. The molecule has 0 aliphatic carbocycles. The third-order valence-corrected chi connectivity index (χ3v) is 3.87. The fourth-order valence-electron chi connectivity index (χ4n) is 2.28. The smallest absolute Gasteiger partial charge is 0.246 e. The van der Waals surface area contributed by atoms with E-state index in [1.807, 2.05) is 31.2 Å². The third-order valence-electron chi connectivity index (χ3n) is 3.18. The number of hydrogen-bond acceptors (Lipinski definition) is 4. The Morgan fingerprint density at radius 1 is 1.40 bits per heavy atom. The number of rotatable bonds is 3. The second-order valence-corrected chi connectivity index (χ2v) is 5.45. The number of aryl methyl sites for hydroxylation is 1. The number of nitrogens with one attached hydrogen (secondary N) is 2. The Labute approximate surface area is 125 Å². The highest BCUT2D eigenvalue weighted by molar-refractivity contribution is 9.10. The van der Waals surface area contributed by atoms with Crippen molar-refractivity contribution in [1.29, 1.82) is 0 Å². The molecule has 1 aromatic carbocycles. The summed E-state index contributed by atoms with van der Waals surface area (Å²) in [6.45, 7) is 2.36. The highest BCUT2D eigenvalue weighted by Gasteiger charge is 2.31. The highest BCUT2D eigenvalue weighted by Crippen LogP contribution is 2.36. The first-order valence-corrected chi connectivity index (χ1v) is 7.05. The topological polar surface area (TPSA) is 66.9 Å². The summed E-state index contributed by atoms with van der Waals surface area (Å²) >= 11 is 3.50. The number of benzene rings is 1. The van der Waals surface area contributed by atoms with Gasteiger partial charge in [-0.3, -0.25) is 10.1 Å². The highest BCUT2D eigenvalue weighted by atomic mass is 79.9. The van der Waals surface area contributed by atoms with Gasteiger partial charge in [-0.25, -0.2) is 9.97 Å². The molecule has 1 aliphatic rings. The second-order valence-electron chi connectivity index (χ2n) is 4.60. The molecule has 102 valence electrons. The van der Waals surface area contributed by atoms with Crippen molar-refractivity contribution in [2.24, 2.45) is 0 Å². The van der Waals surface area contributed by atoms with Crippen LogP contribution in [0.25, 0.3) is 0 Å².